The number of hydrogen-bond donors (Lipinski definition) is 1. The van der Waals surface area contributed by atoms with Crippen LogP contribution >= 0.6 is 11.6 Å². The van der Waals surface area contributed by atoms with Crippen molar-refractivity contribution in [2.45, 2.75) is 13.3 Å². The molecule has 18 heavy (non-hydrogen) atoms. The lowest BCUT2D eigenvalue weighted by molar-refractivity contribution is 0.423. The number of rotatable bonds is 4. The van der Waals surface area contributed by atoms with E-state index in [1.807, 2.05) is 13.0 Å². The number of aliphatic hydroxyl groups excluding tert-OH is 1. The van der Waals surface area contributed by atoms with E-state index in [4.69, 9.17) is 11.6 Å². The molecule has 0 radical (unpaired) electrons. The second-order valence-corrected chi connectivity index (χ2v) is 4.42. The van der Waals surface area contributed by atoms with Gasteiger partial charge in [0.2, 0.25) is 0 Å². The second-order valence-electron chi connectivity index (χ2n) is 3.94. The Morgan fingerprint density at radius 2 is 2.28 bits per heavy atom. The predicted molar refractivity (Wildman–Crippen MR) is 75.4 cm³/mol. The molecule has 0 spiro atoms. The highest BCUT2D eigenvalue weighted by Crippen LogP contribution is 2.24. The minimum absolute atomic E-state index is 0.239. The minimum Gasteiger partial charge on any atom is -0.508 e. The molecule has 0 amide bonds. The standard InChI is InChI=1S/C15H16ClFO/c1-11-5-6-13(7-8-15(11)18)14(4-3-9-17)10-12(2)16/h3-5,7-8,10,18H,2,6,9H2,1H3/b4-3-,14-10+. The molecule has 3 heteroatoms. The fourth-order valence-corrected chi connectivity index (χ4v) is 1.67. The van der Waals surface area contributed by atoms with Crippen LogP contribution in [0.2, 0.25) is 0 Å². The van der Waals surface area contributed by atoms with E-state index < -0.39 is 6.67 Å². The highest BCUT2D eigenvalue weighted by atomic mass is 35.5. The third kappa shape index (κ3) is 4.38. The normalized spacial score (nSPS) is 17.1. The molecule has 0 fully saturated rings. The van der Waals surface area contributed by atoms with E-state index in [2.05, 4.69) is 6.58 Å². The Hall–Kier alpha value is -1.54. The molecular weight excluding hydrogens is 251 g/mol. The Labute approximate surface area is 112 Å². The summed E-state index contributed by atoms with van der Waals surface area (Å²) in [6.07, 6.45) is 10.8. The summed E-state index contributed by atoms with van der Waals surface area (Å²) in [6, 6.07) is 0. The molecule has 0 saturated carbocycles. The zero-order valence-electron chi connectivity index (χ0n) is 10.3. The Morgan fingerprint density at radius 3 is 2.89 bits per heavy atom. The van der Waals surface area contributed by atoms with Crippen LogP contribution < -0.4 is 0 Å². The quantitative estimate of drug-likeness (QED) is 0.717. The molecule has 1 rings (SSSR count). The zero-order valence-corrected chi connectivity index (χ0v) is 11.0. The van der Waals surface area contributed by atoms with E-state index in [0.29, 0.717) is 11.5 Å². The van der Waals surface area contributed by atoms with Gasteiger partial charge in [-0.3, -0.25) is 0 Å². The van der Waals surface area contributed by atoms with Crippen LogP contribution in [0.5, 0.6) is 0 Å². The van der Waals surface area contributed by atoms with Crippen molar-refractivity contribution in [1.82, 2.24) is 0 Å². The van der Waals surface area contributed by atoms with E-state index in [-0.39, 0.29) is 5.76 Å². The van der Waals surface area contributed by atoms with E-state index in [9.17, 15) is 9.50 Å². The van der Waals surface area contributed by atoms with Crippen molar-refractivity contribution in [2.75, 3.05) is 6.67 Å². The van der Waals surface area contributed by atoms with E-state index in [0.717, 1.165) is 16.7 Å². The predicted octanol–water partition coefficient (Wildman–Crippen LogP) is 4.91. The maximum absolute atomic E-state index is 12.2. The van der Waals surface area contributed by atoms with Gasteiger partial charge in [-0.05, 0) is 42.2 Å². The van der Waals surface area contributed by atoms with Gasteiger partial charge in [0.05, 0.1) is 0 Å². The molecule has 1 aliphatic rings. The fraction of sp³-hybridized carbons (Fsp3) is 0.200. The van der Waals surface area contributed by atoms with Crippen molar-refractivity contribution in [1.29, 1.82) is 0 Å². The monoisotopic (exact) mass is 266 g/mol. The minimum atomic E-state index is -0.532. The molecule has 0 atom stereocenters. The van der Waals surface area contributed by atoms with Crippen molar-refractivity contribution in [3.63, 3.8) is 0 Å². The van der Waals surface area contributed by atoms with Gasteiger partial charge in [0.15, 0.2) is 0 Å². The molecule has 1 N–H and O–H groups in total. The summed E-state index contributed by atoms with van der Waals surface area (Å²) in [5, 5.41) is 10.0. The van der Waals surface area contributed by atoms with E-state index >= 15 is 0 Å². The molecule has 0 aliphatic heterocycles. The van der Waals surface area contributed by atoms with Crippen LogP contribution in [0, 0.1) is 0 Å². The van der Waals surface area contributed by atoms with E-state index in [1.165, 1.54) is 6.08 Å². The summed E-state index contributed by atoms with van der Waals surface area (Å²) in [7, 11) is 0. The maximum atomic E-state index is 12.2. The number of aliphatic hydroxyl groups is 1. The van der Waals surface area contributed by atoms with Gasteiger partial charge in [0, 0.05) is 5.03 Å². The molecule has 0 aromatic carbocycles. The van der Waals surface area contributed by atoms with Crippen molar-refractivity contribution < 1.29 is 9.50 Å². The molecule has 0 heterocycles. The second kappa shape index (κ2) is 7.02. The zero-order chi connectivity index (χ0) is 13.5. The smallest absolute Gasteiger partial charge is 0.118 e. The molecule has 0 aromatic rings. The Kier molecular flexibility index (Phi) is 5.66. The SMILES string of the molecule is C=C(Cl)/C=C(\C=C/CF)C1=CC=C(O)C(C)=CC1. The molecule has 96 valence electrons. The highest BCUT2D eigenvalue weighted by Gasteiger charge is 2.06. The van der Waals surface area contributed by atoms with Gasteiger partial charge in [-0.25, -0.2) is 4.39 Å². The van der Waals surface area contributed by atoms with Crippen molar-refractivity contribution in [2.24, 2.45) is 0 Å². The molecule has 0 saturated heterocycles. The molecule has 0 bridgehead atoms. The Balaban J connectivity index is 3.09. The van der Waals surface area contributed by atoms with Gasteiger partial charge in [0.1, 0.15) is 12.4 Å². The van der Waals surface area contributed by atoms with Gasteiger partial charge in [-0.1, -0.05) is 42.5 Å². The van der Waals surface area contributed by atoms with Gasteiger partial charge >= 0.3 is 0 Å². The first kappa shape index (κ1) is 14.5. The van der Waals surface area contributed by atoms with Gasteiger partial charge in [-0.15, -0.1) is 0 Å². The Bertz CT molecular complexity index is 479. The molecule has 1 aliphatic carbocycles. The molecular formula is C15H16ClFO. The third-order valence-electron chi connectivity index (χ3n) is 2.54. The van der Waals surface area contributed by atoms with Gasteiger partial charge in [0.25, 0.3) is 0 Å². The molecule has 1 nitrogen and oxygen atoms in total. The lowest BCUT2D eigenvalue weighted by atomic mass is 10.0. The van der Waals surface area contributed by atoms with Gasteiger partial charge < -0.3 is 5.11 Å². The number of alkyl halides is 1. The summed E-state index contributed by atoms with van der Waals surface area (Å²) in [5.41, 5.74) is 2.56. The summed E-state index contributed by atoms with van der Waals surface area (Å²) < 4.78 is 12.2. The van der Waals surface area contributed by atoms with Crippen LogP contribution in [-0.2, 0) is 0 Å². The van der Waals surface area contributed by atoms with Crippen molar-refractivity contribution >= 4 is 11.6 Å². The van der Waals surface area contributed by atoms with Crippen LogP contribution in [0.3, 0.4) is 0 Å². The average molecular weight is 267 g/mol. The first-order chi connectivity index (χ1) is 8.54. The topological polar surface area (TPSA) is 20.2 Å². The lowest BCUT2D eigenvalue weighted by Gasteiger charge is -2.05. The summed E-state index contributed by atoms with van der Waals surface area (Å²) in [5.74, 6) is 0.239. The van der Waals surface area contributed by atoms with Crippen LogP contribution in [0.4, 0.5) is 4.39 Å². The van der Waals surface area contributed by atoms with Crippen LogP contribution in [0.1, 0.15) is 13.3 Å². The number of hydrogen-bond acceptors (Lipinski definition) is 1. The maximum Gasteiger partial charge on any atom is 0.118 e. The number of halogens is 2. The first-order valence-corrected chi connectivity index (χ1v) is 5.98. The van der Waals surface area contributed by atoms with Crippen molar-refractivity contribution in [3.8, 4) is 0 Å². The van der Waals surface area contributed by atoms with Crippen LogP contribution in [-0.4, -0.2) is 11.8 Å². The van der Waals surface area contributed by atoms with Crippen LogP contribution in [0.15, 0.2) is 70.5 Å². The molecule has 0 unspecified atom stereocenters. The summed E-state index contributed by atoms with van der Waals surface area (Å²) in [4.78, 5) is 0. The van der Waals surface area contributed by atoms with Gasteiger partial charge in [-0.2, -0.15) is 0 Å². The Morgan fingerprint density at radius 1 is 1.56 bits per heavy atom. The largest absolute Gasteiger partial charge is 0.508 e. The first-order valence-electron chi connectivity index (χ1n) is 5.60. The summed E-state index contributed by atoms with van der Waals surface area (Å²) in [6.45, 7) is 4.91. The highest BCUT2D eigenvalue weighted by molar-refractivity contribution is 6.30. The third-order valence-corrected chi connectivity index (χ3v) is 2.65. The lowest BCUT2D eigenvalue weighted by Crippen LogP contribution is -1.87. The average Bonchev–Trinajstić information content (AvgIpc) is 2.48. The van der Waals surface area contributed by atoms with Crippen LogP contribution in [0.25, 0.3) is 0 Å². The van der Waals surface area contributed by atoms with E-state index in [1.54, 1.807) is 24.3 Å². The summed E-state index contributed by atoms with van der Waals surface area (Å²) >= 11 is 5.76. The molecule has 0 aromatic heterocycles. The number of allylic oxidation sites excluding steroid dienone is 10. The van der Waals surface area contributed by atoms with Crippen molar-refractivity contribution in [3.05, 3.63) is 70.5 Å². The fourth-order valence-electron chi connectivity index (χ4n) is 1.55.